The molecule has 1 atom stereocenters. The molecule has 216 valence electrons. The Morgan fingerprint density at radius 3 is 2.56 bits per heavy atom. The highest BCUT2D eigenvalue weighted by Crippen LogP contribution is 2.43. The number of hydrogen-bond donors (Lipinski definition) is 1. The molecule has 2 aliphatic rings. The largest absolute Gasteiger partial charge is 0.493 e. The summed E-state index contributed by atoms with van der Waals surface area (Å²) in [6.45, 7) is 1.48. The Hall–Kier alpha value is -3.90. The van der Waals surface area contributed by atoms with Gasteiger partial charge < -0.3 is 24.4 Å². The first kappa shape index (κ1) is 28.6. The Labute approximate surface area is 242 Å². The van der Waals surface area contributed by atoms with Gasteiger partial charge in [-0.1, -0.05) is 18.2 Å². The maximum Gasteiger partial charge on any atom is 0.341 e. The third kappa shape index (κ3) is 5.29. The zero-order valence-corrected chi connectivity index (χ0v) is 24.5. The van der Waals surface area contributed by atoms with E-state index in [1.54, 1.807) is 37.3 Å². The maximum atomic E-state index is 13.9. The molecule has 2 aromatic carbocycles. The van der Waals surface area contributed by atoms with Crippen molar-refractivity contribution < 1.29 is 37.0 Å². The number of rotatable bonds is 8. The number of esters is 1. The van der Waals surface area contributed by atoms with Crippen LogP contribution in [0.15, 0.2) is 47.4 Å². The number of nitrogens with one attached hydrogen (secondary N) is 1. The fourth-order valence-electron chi connectivity index (χ4n) is 5.33. The van der Waals surface area contributed by atoms with E-state index in [1.807, 2.05) is 0 Å². The van der Waals surface area contributed by atoms with Gasteiger partial charge in [0.05, 0.1) is 42.2 Å². The number of sulfone groups is 1. The molecule has 0 radical (unpaired) electrons. The molecular weight excluding hydrogens is 568 g/mol. The molecule has 10 nitrogen and oxygen atoms in total. The van der Waals surface area contributed by atoms with Gasteiger partial charge in [-0.25, -0.2) is 13.2 Å². The SMILES string of the molecule is CCOC(=O)c1c(NC(=O)CN2C(=O)CC(c3ccc(OC)c(OC)c3)S(=O)(=O)c3ccccc32)sc2c1CCC2. The van der Waals surface area contributed by atoms with E-state index in [4.69, 9.17) is 14.2 Å². The van der Waals surface area contributed by atoms with E-state index in [2.05, 4.69) is 5.32 Å². The number of thiophene rings is 1. The first-order valence-corrected chi connectivity index (χ1v) is 15.5. The summed E-state index contributed by atoms with van der Waals surface area (Å²) in [4.78, 5) is 41.9. The highest BCUT2D eigenvalue weighted by molar-refractivity contribution is 7.92. The highest BCUT2D eigenvalue weighted by Gasteiger charge is 2.40. The number of amides is 2. The molecule has 1 N–H and O–H groups in total. The van der Waals surface area contributed by atoms with Gasteiger partial charge in [0, 0.05) is 11.3 Å². The number of carbonyl (C=O) groups excluding carboxylic acids is 3. The van der Waals surface area contributed by atoms with Gasteiger partial charge in [0.2, 0.25) is 11.8 Å². The molecule has 0 saturated carbocycles. The van der Waals surface area contributed by atoms with Crippen LogP contribution < -0.4 is 19.7 Å². The average Bonchev–Trinajstić information content (AvgIpc) is 3.53. The third-order valence-electron chi connectivity index (χ3n) is 7.23. The van der Waals surface area contributed by atoms with Gasteiger partial charge in [-0.3, -0.25) is 9.59 Å². The van der Waals surface area contributed by atoms with Crippen LogP contribution in [0, 0.1) is 0 Å². The second-order valence-corrected chi connectivity index (χ2v) is 12.8. The molecule has 0 spiro atoms. The van der Waals surface area contributed by atoms with Crippen LogP contribution in [-0.2, 0) is 37.0 Å². The van der Waals surface area contributed by atoms with Crippen molar-refractivity contribution in [1.82, 2.24) is 0 Å². The third-order valence-corrected chi connectivity index (χ3v) is 10.6. The summed E-state index contributed by atoms with van der Waals surface area (Å²) in [6.07, 6.45) is 2.08. The summed E-state index contributed by atoms with van der Waals surface area (Å²) >= 11 is 1.33. The Balaban J connectivity index is 1.47. The number of ether oxygens (including phenoxy) is 3. The van der Waals surface area contributed by atoms with Crippen molar-refractivity contribution >= 4 is 49.6 Å². The van der Waals surface area contributed by atoms with Crippen LogP contribution in [0.5, 0.6) is 11.5 Å². The molecule has 1 aromatic heterocycles. The molecule has 1 unspecified atom stereocenters. The number of para-hydroxylation sites is 1. The van der Waals surface area contributed by atoms with Gasteiger partial charge in [0.25, 0.3) is 0 Å². The van der Waals surface area contributed by atoms with Crippen molar-refractivity contribution in [1.29, 1.82) is 0 Å². The summed E-state index contributed by atoms with van der Waals surface area (Å²) in [5.41, 5.74) is 1.74. The quantitative estimate of drug-likeness (QED) is 0.380. The number of methoxy groups -OCH3 is 2. The minimum Gasteiger partial charge on any atom is -0.493 e. The van der Waals surface area contributed by atoms with Crippen molar-refractivity contribution in [2.45, 2.75) is 42.8 Å². The lowest BCUT2D eigenvalue weighted by Crippen LogP contribution is -2.38. The van der Waals surface area contributed by atoms with Crippen molar-refractivity contribution in [3.05, 3.63) is 64.0 Å². The molecule has 1 aliphatic carbocycles. The molecule has 0 fully saturated rings. The Bertz CT molecular complexity index is 1630. The van der Waals surface area contributed by atoms with Gasteiger partial charge in [-0.05, 0) is 61.6 Å². The molecule has 1 aliphatic heterocycles. The zero-order chi connectivity index (χ0) is 29.3. The van der Waals surface area contributed by atoms with Crippen molar-refractivity contribution in [3.63, 3.8) is 0 Å². The smallest absolute Gasteiger partial charge is 0.341 e. The van der Waals surface area contributed by atoms with Crippen molar-refractivity contribution in [2.24, 2.45) is 0 Å². The summed E-state index contributed by atoms with van der Waals surface area (Å²) in [7, 11) is -1.13. The second-order valence-electron chi connectivity index (χ2n) is 9.63. The van der Waals surface area contributed by atoms with Gasteiger partial charge in [0.15, 0.2) is 21.3 Å². The van der Waals surface area contributed by atoms with E-state index in [0.717, 1.165) is 29.7 Å². The van der Waals surface area contributed by atoms with Gasteiger partial charge in [-0.15, -0.1) is 11.3 Å². The minimum absolute atomic E-state index is 0.0549. The van der Waals surface area contributed by atoms with Crippen molar-refractivity contribution in [3.8, 4) is 11.5 Å². The fourth-order valence-corrected chi connectivity index (χ4v) is 8.54. The van der Waals surface area contributed by atoms with E-state index in [0.29, 0.717) is 27.6 Å². The number of benzene rings is 2. The number of aryl methyl sites for hydroxylation is 1. The van der Waals surface area contributed by atoms with Crippen LogP contribution in [0.4, 0.5) is 10.7 Å². The lowest BCUT2D eigenvalue weighted by atomic mass is 10.1. The van der Waals surface area contributed by atoms with Crippen LogP contribution in [0.1, 0.15) is 51.4 Å². The van der Waals surface area contributed by atoms with Gasteiger partial charge in [0.1, 0.15) is 11.5 Å². The normalized spacial score (nSPS) is 17.3. The molecule has 0 saturated heterocycles. The van der Waals surface area contributed by atoms with E-state index in [1.165, 1.54) is 42.6 Å². The van der Waals surface area contributed by atoms with Crippen LogP contribution in [0.25, 0.3) is 0 Å². The first-order chi connectivity index (χ1) is 19.7. The molecule has 2 amide bonds. The summed E-state index contributed by atoms with van der Waals surface area (Å²) in [5.74, 6) is -0.828. The number of fused-ring (bicyclic) bond motifs is 2. The average molecular weight is 599 g/mol. The topological polar surface area (TPSA) is 128 Å². The summed E-state index contributed by atoms with van der Waals surface area (Å²) in [5, 5.41) is 1.97. The zero-order valence-electron chi connectivity index (χ0n) is 22.9. The van der Waals surface area contributed by atoms with E-state index >= 15 is 0 Å². The van der Waals surface area contributed by atoms with Crippen molar-refractivity contribution in [2.75, 3.05) is 37.6 Å². The second kappa shape index (κ2) is 11.5. The molecule has 3 aromatic rings. The van der Waals surface area contributed by atoms with E-state index in [9.17, 15) is 22.8 Å². The molecule has 2 heterocycles. The standard InChI is InChI=1S/C29H30N2O8S2/c1-4-39-29(34)27-18-8-7-10-22(18)40-28(27)30-25(32)16-31-19-9-5-6-11-23(19)41(35,36)24(15-26(31)33)17-12-13-20(37-2)21(14-17)38-3/h5-6,9,11-14,24H,4,7-8,10,15-16H2,1-3H3,(H,30,32). The Morgan fingerprint density at radius 1 is 1.07 bits per heavy atom. The lowest BCUT2D eigenvalue weighted by molar-refractivity contribution is -0.121. The Kier molecular flexibility index (Phi) is 8.05. The van der Waals surface area contributed by atoms with Crippen LogP contribution in [0.3, 0.4) is 0 Å². The van der Waals surface area contributed by atoms with Gasteiger partial charge >= 0.3 is 5.97 Å². The predicted molar refractivity (Wildman–Crippen MR) is 154 cm³/mol. The minimum atomic E-state index is -4.05. The molecule has 12 heteroatoms. The lowest BCUT2D eigenvalue weighted by Gasteiger charge is -2.22. The van der Waals surface area contributed by atoms with E-state index < -0.39 is 39.4 Å². The molecule has 41 heavy (non-hydrogen) atoms. The molecule has 0 bridgehead atoms. The number of carbonyl (C=O) groups is 3. The highest BCUT2D eigenvalue weighted by atomic mass is 32.2. The summed E-state index contributed by atoms with van der Waals surface area (Å²) < 4.78 is 43.7. The maximum absolute atomic E-state index is 13.9. The van der Waals surface area contributed by atoms with Gasteiger partial charge in [-0.2, -0.15) is 0 Å². The monoisotopic (exact) mass is 598 g/mol. The molecule has 5 rings (SSSR count). The Morgan fingerprint density at radius 2 is 1.83 bits per heavy atom. The summed E-state index contributed by atoms with van der Waals surface area (Å²) in [6, 6.07) is 10.9. The van der Waals surface area contributed by atoms with Crippen LogP contribution in [0.2, 0.25) is 0 Å². The first-order valence-electron chi connectivity index (χ1n) is 13.2. The number of nitrogens with zero attached hydrogens (tertiary/aromatic N) is 1. The fraction of sp³-hybridized carbons (Fsp3) is 0.345. The number of anilines is 2. The number of hydrogen-bond acceptors (Lipinski definition) is 9. The van der Waals surface area contributed by atoms with Crippen LogP contribution >= 0.6 is 11.3 Å². The van der Waals surface area contributed by atoms with E-state index in [-0.39, 0.29) is 23.6 Å². The van der Waals surface area contributed by atoms with Crippen LogP contribution in [-0.4, -0.2) is 53.6 Å². The molecular formula is C29H30N2O8S2. The predicted octanol–water partition coefficient (Wildman–Crippen LogP) is 4.32.